The van der Waals surface area contributed by atoms with Gasteiger partial charge < -0.3 is 9.47 Å². The number of alkyl halides is 1. The Kier molecular flexibility index (Phi) is 4.73. The minimum Gasteiger partial charge on any atom is -0.343 e. The molecule has 4 nitrogen and oxygen atoms in total. The van der Waals surface area contributed by atoms with E-state index in [9.17, 15) is 9.18 Å². The fraction of sp³-hybridized carbons (Fsp3) is 0.692. The Morgan fingerprint density at radius 1 is 1.33 bits per heavy atom. The predicted molar refractivity (Wildman–Crippen MR) is 67.0 cm³/mol. The quantitative estimate of drug-likeness (QED) is 0.802. The van der Waals surface area contributed by atoms with Crippen LogP contribution in [0.3, 0.4) is 0 Å². The second-order valence-electron chi connectivity index (χ2n) is 4.67. The van der Waals surface area contributed by atoms with E-state index in [-0.39, 0.29) is 5.91 Å². The summed E-state index contributed by atoms with van der Waals surface area (Å²) in [5.74, 6) is 1.00. The van der Waals surface area contributed by atoms with Gasteiger partial charge in [0.1, 0.15) is 12.5 Å². The van der Waals surface area contributed by atoms with Crippen LogP contribution in [0.15, 0.2) is 12.4 Å². The van der Waals surface area contributed by atoms with Crippen molar-refractivity contribution < 1.29 is 9.18 Å². The number of halogens is 1. The van der Waals surface area contributed by atoms with Crippen LogP contribution in [0, 0.1) is 0 Å². The number of hydrogen-bond acceptors (Lipinski definition) is 2. The number of carbonyl (C=O) groups excluding carboxylic acids is 1. The number of amides is 1. The van der Waals surface area contributed by atoms with E-state index in [1.165, 1.54) is 6.42 Å². The summed E-state index contributed by atoms with van der Waals surface area (Å²) < 4.78 is 14.1. The van der Waals surface area contributed by atoms with E-state index in [2.05, 4.69) is 4.98 Å². The zero-order chi connectivity index (χ0) is 12.8. The molecule has 18 heavy (non-hydrogen) atoms. The van der Waals surface area contributed by atoms with E-state index in [4.69, 9.17) is 0 Å². The Balaban J connectivity index is 1.82. The van der Waals surface area contributed by atoms with Crippen molar-refractivity contribution in [3.05, 3.63) is 18.2 Å². The van der Waals surface area contributed by atoms with Gasteiger partial charge in [-0.15, -0.1) is 0 Å². The van der Waals surface area contributed by atoms with E-state index in [0.29, 0.717) is 19.4 Å². The van der Waals surface area contributed by atoms with Crippen molar-refractivity contribution in [1.29, 1.82) is 0 Å². The normalized spacial score (nSPS) is 15.9. The third kappa shape index (κ3) is 3.31. The number of aromatic nitrogens is 2. The first kappa shape index (κ1) is 13.1. The van der Waals surface area contributed by atoms with Crippen LogP contribution in [0.5, 0.6) is 0 Å². The van der Waals surface area contributed by atoms with Gasteiger partial charge in [-0.2, -0.15) is 0 Å². The van der Waals surface area contributed by atoms with Gasteiger partial charge in [0.25, 0.3) is 0 Å². The number of nitrogens with zero attached hydrogens (tertiary/aromatic N) is 3. The smallest absolute Gasteiger partial charge is 0.223 e. The minimum absolute atomic E-state index is 0.199. The fourth-order valence-electron chi connectivity index (χ4n) is 2.38. The standard InChI is InChI=1S/C13H20FN3O/c14-6-10-16-11-7-15-12(16)4-5-13(18)17-8-2-1-3-9-17/h7,11H,1-6,8-10H2. The summed E-state index contributed by atoms with van der Waals surface area (Å²) in [4.78, 5) is 18.1. The van der Waals surface area contributed by atoms with Gasteiger partial charge in [-0.1, -0.05) is 0 Å². The second kappa shape index (κ2) is 6.52. The van der Waals surface area contributed by atoms with Gasteiger partial charge in [0.2, 0.25) is 5.91 Å². The third-order valence-corrected chi connectivity index (χ3v) is 3.40. The van der Waals surface area contributed by atoms with Gasteiger partial charge >= 0.3 is 0 Å². The van der Waals surface area contributed by atoms with Crippen LogP contribution in [-0.4, -0.2) is 40.1 Å². The Morgan fingerprint density at radius 3 is 2.83 bits per heavy atom. The number of imidazole rings is 1. The molecule has 2 rings (SSSR count). The number of piperidine rings is 1. The molecule has 0 bridgehead atoms. The maximum Gasteiger partial charge on any atom is 0.223 e. The zero-order valence-corrected chi connectivity index (χ0v) is 10.6. The van der Waals surface area contributed by atoms with Crippen LogP contribution < -0.4 is 0 Å². The monoisotopic (exact) mass is 253 g/mol. The molecule has 0 spiro atoms. The van der Waals surface area contributed by atoms with E-state index >= 15 is 0 Å². The number of rotatable bonds is 5. The molecule has 0 aromatic carbocycles. The molecule has 100 valence electrons. The number of likely N-dealkylation sites (tertiary alicyclic amines) is 1. The molecule has 0 atom stereocenters. The highest BCUT2D eigenvalue weighted by Gasteiger charge is 2.16. The summed E-state index contributed by atoms with van der Waals surface area (Å²) in [6, 6.07) is 0. The lowest BCUT2D eigenvalue weighted by Gasteiger charge is -2.26. The maximum absolute atomic E-state index is 12.3. The summed E-state index contributed by atoms with van der Waals surface area (Å²) in [6.45, 7) is 1.70. The maximum atomic E-state index is 12.3. The molecule has 1 aliphatic rings. The van der Waals surface area contributed by atoms with Crippen LogP contribution >= 0.6 is 0 Å². The first-order valence-corrected chi connectivity index (χ1v) is 6.65. The topological polar surface area (TPSA) is 38.1 Å². The lowest BCUT2D eigenvalue weighted by Crippen LogP contribution is -2.35. The molecule has 0 radical (unpaired) electrons. The molecular formula is C13H20FN3O. The van der Waals surface area contributed by atoms with Gasteiger partial charge in [-0.25, -0.2) is 9.37 Å². The molecule has 2 heterocycles. The summed E-state index contributed by atoms with van der Waals surface area (Å²) in [7, 11) is 0. The van der Waals surface area contributed by atoms with Crippen molar-refractivity contribution in [3.8, 4) is 0 Å². The van der Waals surface area contributed by atoms with E-state index < -0.39 is 6.67 Å². The number of carbonyl (C=O) groups is 1. The molecule has 0 saturated carbocycles. The van der Waals surface area contributed by atoms with Crippen LogP contribution in [0.1, 0.15) is 31.5 Å². The van der Waals surface area contributed by atoms with Crippen LogP contribution in [-0.2, 0) is 17.8 Å². The zero-order valence-electron chi connectivity index (χ0n) is 10.6. The third-order valence-electron chi connectivity index (χ3n) is 3.40. The summed E-state index contributed by atoms with van der Waals surface area (Å²) >= 11 is 0. The Morgan fingerprint density at radius 2 is 2.11 bits per heavy atom. The van der Waals surface area contributed by atoms with Gasteiger partial charge in [0.05, 0.1) is 6.54 Å². The van der Waals surface area contributed by atoms with Crippen LogP contribution in [0.4, 0.5) is 4.39 Å². The van der Waals surface area contributed by atoms with Crippen molar-refractivity contribution in [2.45, 2.75) is 38.6 Å². The highest BCUT2D eigenvalue weighted by atomic mass is 19.1. The number of aryl methyl sites for hydroxylation is 2. The molecule has 5 heteroatoms. The highest BCUT2D eigenvalue weighted by Crippen LogP contribution is 2.11. The predicted octanol–water partition coefficient (Wildman–Crippen LogP) is 1.80. The lowest BCUT2D eigenvalue weighted by molar-refractivity contribution is -0.132. The molecule has 1 aromatic rings. The van der Waals surface area contributed by atoms with Crippen molar-refractivity contribution in [1.82, 2.24) is 14.5 Å². The minimum atomic E-state index is -0.399. The number of hydrogen-bond donors (Lipinski definition) is 0. The van der Waals surface area contributed by atoms with E-state index in [1.54, 1.807) is 17.0 Å². The first-order valence-electron chi connectivity index (χ1n) is 6.65. The van der Waals surface area contributed by atoms with Crippen molar-refractivity contribution >= 4 is 5.91 Å². The largest absolute Gasteiger partial charge is 0.343 e. The summed E-state index contributed by atoms with van der Waals surface area (Å²) in [5.41, 5.74) is 0. The summed E-state index contributed by atoms with van der Waals surface area (Å²) in [6.07, 6.45) is 7.96. The molecule has 1 aliphatic heterocycles. The van der Waals surface area contributed by atoms with Gasteiger partial charge in [0, 0.05) is 38.3 Å². The molecule has 0 unspecified atom stereocenters. The van der Waals surface area contributed by atoms with Crippen molar-refractivity contribution in [2.75, 3.05) is 19.8 Å². The molecule has 1 fully saturated rings. The fourth-order valence-corrected chi connectivity index (χ4v) is 2.38. The highest BCUT2D eigenvalue weighted by molar-refractivity contribution is 5.76. The lowest BCUT2D eigenvalue weighted by atomic mass is 10.1. The SMILES string of the molecule is O=C(CCc1nccn1CCF)N1CCCCC1. The molecule has 0 N–H and O–H groups in total. The molecular weight excluding hydrogens is 233 g/mol. The first-order chi connectivity index (χ1) is 8.81. The van der Waals surface area contributed by atoms with Crippen molar-refractivity contribution in [3.63, 3.8) is 0 Å². The molecule has 1 amide bonds. The van der Waals surface area contributed by atoms with Gasteiger partial charge in [0.15, 0.2) is 0 Å². The van der Waals surface area contributed by atoms with Gasteiger partial charge in [-0.3, -0.25) is 4.79 Å². The Bertz CT molecular complexity index is 385. The Labute approximate surface area is 107 Å². The molecule has 1 aromatic heterocycles. The van der Waals surface area contributed by atoms with Crippen LogP contribution in [0.25, 0.3) is 0 Å². The van der Waals surface area contributed by atoms with Crippen molar-refractivity contribution in [2.24, 2.45) is 0 Å². The van der Waals surface area contributed by atoms with Crippen LogP contribution in [0.2, 0.25) is 0 Å². The second-order valence-corrected chi connectivity index (χ2v) is 4.67. The molecule has 1 saturated heterocycles. The van der Waals surface area contributed by atoms with E-state index in [1.807, 2.05) is 4.90 Å². The molecule has 0 aliphatic carbocycles. The average Bonchev–Trinajstić information content (AvgIpc) is 2.85. The Hall–Kier alpha value is -1.39. The summed E-state index contributed by atoms with van der Waals surface area (Å²) in [5, 5.41) is 0. The van der Waals surface area contributed by atoms with Gasteiger partial charge in [-0.05, 0) is 19.3 Å². The average molecular weight is 253 g/mol. The van der Waals surface area contributed by atoms with E-state index in [0.717, 1.165) is 31.8 Å².